The summed E-state index contributed by atoms with van der Waals surface area (Å²) in [6, 6.07) is 18.4. The zero-order chi connectivity index (χ0) is 18.8. The van der Waals surface area contributed by atoms with Crippen LogP contribution < -0.4 is 10.9 Å². The molecule has 4 rings (SSSR count). The Labute approximate surface area is 154 Å². The molecule has 0 unspecified atom stereocenters. The minimum absolute atomic E-state index is 0.195. The smallest absolute Gasteiger partial charge is 0.258 e. The van der Waals surface area contributed by atoms with Crippen molar-refractivity contribution < 1.29 is 4.79 Å². The Morgan fingerprint density at radius 1 is 1.07 bits per heavy atom. The van der Waals surface area contributed by atoms with E-state index < -0.39 is 5.91 Å². The molecule has 2 heterocycles. The second-order valence-corrected chi connectivity index (χ2v) is 6.18. The monoisotopic (exact) mass is 359 g/mol. The number of hydrogen-bond acceptors (Lipinski definition) is 4. The maximum atomic E-state index is 12.7. The molecule has 0 saturated heterocycles. The van der Waals surface area contributed by atoms with Crippen molar-refractivity contribution in [2.24, 2.45) is 7.05 Å². The highest BCUT2D eigenvalue weighted by Gasteiger charge is 2.15. The van der Waals surface area contributed by atoms with Gasteiger partial charge >= 0.3 is 0 Å². The van der Waals surface area contributed by atoms with E-state index in [0.717, 1.165) is 5.56 Å². The van der Waals surface area contributed by atoms with E-state index >= 15 is 0 Å². The zero-order valence-corrected chi connectivity index (χ0v) is 14.7. The molecule has 0 fully saturated rings. The first kappa shape index (κ1) is 16.7. The van der Waals surface area contributed by atoms with Crippen LogP contribution in [0.5, 0.6) is 0 Å². The number of rotatable bonds is 4. The van der Waals surface area contributed by atoms with Crippen LogP contribution in [-0.4, -0.2) is 25.2 Å². The van der Waals surface area contributed by atoms with Gasteiger partial charge in [-0.1, -0.05) is 48.5 Å². The zero-order valence-electron chi connectivity index (χ0n) is 14.7. The quantitative estimate of drug-likeness (QED) is 0.607. The Hall–Kier alpha value is -3.74. The van der Waals surface area contributed by atoms with Gasteiger partial charge in [-0.25, -0.2) is 9.67 Å². The summed E-state index contributed by atoms with van der Waals surface area (Å²) in [5.41, 5.74) is 1.82. The molecule has 0 aliphatic rings. The van der Waals surface area contributed by atoms with Crippen LogP contribution in [0.25, 0.3) is 10.9 Å². The highest BCUT2D eigenvalue weighted by Crippen LogP contribution is 2.17. The molecule has 0 saturated carbocycles. The molecule has 2 aromatic carbocycles. The average molecular weight is 359 g/mol. The molecule has 134 valence electrons. The van der Waals surface area contributed by atoms with Crippen molar-refractivity contribution in [3.8, 4) is 0 Å². The van der Waals surface area contributed by atoms with Crippen LogP contribution >= 0.6 is 0 Å². The number of nitrogens with zero attached hydrogens (tertiary/aromatic N) is 4. The molecule has 1 N–H and O–H groups in total. The van der Waals surface area contributed by atoms with Gasteiger partial charge in [0.15, 0.2) is 0 Å². The van der Waals surface area contributed by atoms with Gasteiger partial charge in [-0.15, -0.1) is 5.10 Å². The first-order chi connectivity index (χ1) is 13.1. The number of carbonyl (C=O) groups excluding carboxylic acids is 1. The summed E-state index contributed by atoms with van der Waals surface area (Å²) in [6.45, 7) is 0.554. The van der Waals surface area contributed by atoms with Crippen molar-refractivity contribution in [1.29, 1.82) is 0 Å². The fourth-order valence-corrected chi connectivity index (χ4v) is 2.97. The SMILES string of the molecule is Cn1c(=O)cc(C(=O)Nc2ncn(Cc3ccccc3)n2)c2ccccc21. The first-order valence-electron chi connectivity index (χ1n) is 8.45. The Kier molecular flexibility index (Phi) is 4.25. The number of benzene rings is 2. The van der Waals surface area contributed by atoms with E-state index in [0.29, 0.717) is 23.0 Å². The molecular weight excluding hydrogens is 342 g/mol. The number of anilines is 1. The summed E-state index contributed by atoms with van der Waals surface area (Å²) >= 11 is 0. The van der Waals surface area contributed by atoms with Crippen LogP contribution in [0.1, 0.15) is 15.9 Å². The van der Waals surface area contributed by atoms with Crippen molar-refractivity contribution in [2.75, 3.05) is 5.32 Å². The van der Waals surface area contributed by atoms with Gasteiger partial charge in [0, 0.05) is 18.5 Å². The van der Waals surface area contributed by atoms with Crippen LogP contribution in [0.4, 0.5) is 5.95 Å². The molecule has 0 spiro atoms. The molecule has 7 nitrogen and oxygen atoms in total. The molecule has 2 aromatic heterocycles. The van der Waals surface area contributed by atoms with Gasteiger partial charge in [-0.2, -0.15) is 0 Å². The highest BCUT2D eigenvalue weighted by molar-refractivity contribution is 6.11. The normalized spacial score (nSPS) is 10.9. The molecular formula is C20H17N5O2. The molecule has 1 amide bonds. The Bertz CT molecular complexity index is 1180. The minimum atomic E-state index is -0.415. The molecule has 0 aliphatic heterocycles. The number of hydrogen-bond donors (Lipinski definition) is 1. The van der Waals surface area contributed by atoms with Gasteiger partial charge in [0.25, 0.3) is 11.5 Å². The Balaban J connectivity index is 1.59. The molecule has 0 atom stereocenters. The van der Waals surface area contributed by atoms with E-state index in [2.05, 4.69) is 15.4 Å². The number of fused-ring (bicyclic) bond motifs is 1. The summed E-state index contributed by atoms with van der Waals surface area (Å²) < 4.78 is 3.16. The lowest BCUT2D eigenvalue weighted by molar-refractivity contribution is 0.102. The number of carbonyl (C=O) groups is 1. The van der Waals surface area contributed by atoms with E-state index in [1.807, 2.05) is 48.5 Å². The number of amides is 1. The highest BCUT2D eigenvalue weighted by atomic mass is 16.2. The van der Waals surface area contributed by atoms with Crippen molar-refractivity contribution in [2.45, 2.75) is 6.54 Å². The van der Waals surface area contributed by atoms with Crippen LogP contribution in [0, 0.1) is 0 Å². The summed E-state index contributed by atoms with van der Waals surface area (Å²) in [6.07, 6.45) is 1.56. The lowest BCUT2D eigenvalue weighted by atomic mass is 10.1. The number of pyridine rings is 1. The molecule has 0 radical (unpaired) electrons. The van der Waals surface area contributed by atoms with Gasteiger partial charge in [0.1, 0.15) is 6.33 Å². The van der Waals surface area contributed by atoms with Crippen LogP contribution in [-0.2, 0) is 13.6 Å². The van der Waals surface area contributed by atoms with Crippen molar-refractivity contribution in [1.82, 2.24) is 19.3 Å². The third kappa shape index (κ3) is 3.35. The van der Waals surface area contributed by atoms with Crippen LogP contribution in [0.15, 0.2) is 71.8 Å². The van der Waals surface area contributed by atoms with Gasteiger partial charge in [0.2, 0.25) is 5.95 Å². The lowest BCUT2D eigenvalue weighted by Gasteiger charge is -2.09. The molecule has 4 aromatic rings. The van der Waals surface area contributed by atoms with E-state index in [1.165, 1.54) is 10.6 Å². The van der Waals surface area contributed by atoms with E-state index in [1.54, 1.807) is 24.1 Å². The lowest BCUT2D eigenvalue weighted by Crippen LogP contribution is -2.22. The van der Waals surface area contributed by atoms with E-state index in [-0.39, 0.29) is 11.5 Å². The van der Waals surface area contributed by atoms with Crippen LogP contribution in [0.3, 0.4) is 0 Å². The number of para-hydroxylation sites is 1. The van der Waals surface area contributed by atoms with E-state index in [4.69, 9.17) is 0 Å². The van der Waals surface area contributed by atoms with E-state index in [9.17, 15) is 9.59 Å². The van der Waals surface area contributed by atoms with Crippen molar-refractivity contribution in [3.05, 3.63) is 88.5 Å². The predicted molar refractivity (Wildman–Crippen MR) is 103 cm³/mol. The third-order valence-electron chi connectivity index (χ3n) is 4.35. The number of nitrogens with one attached hydrogen (secondary N) is 1. The maximum Gasteiger partial charge on any atom is 0.258 e. The topological polar surface area (TPSA) is 81.8 Å². The van der Waals surface area contributed by atoms with Crippen molar-refractivity contribution >= 4 is 22.8 Å². The Morgan fingerprint density at radius 3 is 2.63 bits per heavy atom. The minimum Gasteiger partial charge on any atom is -0.311 e. The summed E-state index contributed by atoms with van der Waals surface area (Å²) in [7, 11) is 1.68. The van der Waals surface area contributed by atoms with Gasteiger partial charge < -0.3 is 4.57 Å². The number of aryl methyl sites for hydroxylation is 1. The molecule has 7 heteroatoms. The van der Waals surface area contributed by atoms with Gasteiger partial charge in [-0.3, -0.25) is 14.9 Å². The Morgan fingerprint density at radius 2 is 1.81 bits per heavy atom. The first-order valence-corrected chi connectivity index (χ1v) is 8.45. The van der Waals surface area contributed by atoms with Gasteiger partial charge in [0.05, 0.1) is 17.6 Å². The standard InChI is InChI=1S/C20H17N5O2/c1-24-17-10-6-5-9-15(17)16(11-18(24)26)19(27)22-20-21-13-25(23-20)12-14-7-3-2-4-8-14/h2-11,13H,12H2,1H3,(H,22,23,27). The third-order valence-corrected chi connectivity index (χ3v) is 4.35. The van der Waals surface area contributed by atoms with Crippen LogP contribution in [0.2, 0.25) is 0 Å². The predicted octanol–water partition coefficient (Wildman–Crippen LogP) is 2.43. The molecule has 27 heavy (non-hydrogen) atoms. The molecule has 0 aliphatic carbocycles. The number of aromatic nitrogens is 4. The summed E-state index contributed by atoms with van der Waals surface area (Å²) in [5, 5.41) is 7.65. The summed E-state index contributed by atoms with van der Waals surface area (Å²) in [4.78, 5) is 29.0. The maximum absolute atomic E-state index is 12.7. The summed E-state index contributed by atoms with van der Waals surface area (Å²) in [5.74, 6) is -0.220. The average Bonchev–Trinajstić information content (AvgIpc) is 3.12. The van der Waals surface area contributed by atoms with Gasteiger partial charge in [-0.05, 0) is 11.6 Å². The second-order valence-electron chi connectivity index (χ2n) is 6.18. The fraction of sp³-hybridized carbons (Fsp3) is 0.100. The largest absolute Gasteiger partial charge is 0.311 e. The fourth-order valence-electron chi connectivity index (χ4n) is 2.97. The van der Waals surface area contributed by atoms with Crippen molar-refractivity contribution in [3.63, 3.8) is 0 Å². The second kappa shape index (κ2) is 6.87. The molecule has 0 bridgehead atoms.